The lowest BCUT2D eigenvalue weighted by molar-refractivity contribution is -0.130. The summed E-state index contributed by atoms with van der Waals surface area (Å²) in [6.07, 6.45) is 2.55. The summed E-state index contributed by atoms with van der Waals surface area (Å²) < 4.78 is 5.74. The molecule has 0 N–H and O–H groups in total. The van der Waals surface area contributed by atoms with Gasteiger partial charge in [-0.2, -0.15) is 0 Å². The van der Waals surface area contributed by atoms with Gasteiger partial charge in [-0.05, 0) is 48.2 Å². The van der Waals surface area contributed by atoms with Crippen molar-refractivity contribution in [1.82, 2.24) is 9.88 Å². The lowest BCUT2D eigenvalue weighted by Gasteiger charge is -2.16. The Labute approximate surface area is 156 Å². The van der Waals surface area contributed by atoms with E-state index < -0.39 is 0 Å². The van der Waals surface area contributed by atoms with E-state index >= 15 is 0 Å². The molecule has 2 aromatic heterocycles. The van der Waals surface area contributed by atoms with Crippen molar-refractivity contribution in [3.63, 3.8) is 0 Å². The quantitative estimate of drug-likeness (QED) is 0.612. The number of aryl methyl sites for hydroxylation is 2. The third-order valence-electron chi connectivity index (χ3n) is 4.01. The Hall–Kier alpha value is -2.11. The second kappa shape index (κ2) is 7.85. The Morgan fingerprint density at radius 3 is 2.72 bits per heavy atom. The normalized spacial score (nSPS) is 10.8. The van der Waals surface area contributed by atoms with Gasteiger partial charge in [-0.1, -0.05) is 11.6 Å². The summed E-state index contributed by atoms with van der Waals surface area (Å²) in [6.45, 7) is 2.71. The Kier molecular flexibility index (Phi) is 5.56. The highest BCUT2D eigenvalue weighted by molar-refractivity contribution is 7.10. The third kappa shape index (κ3) is 4.50. The first-order valence-corrected chi connectivity index (χ1v) is 9.26. The zero-order chi connectivity index (χ0) is 17.8. The zero-order valence-electron chi connectivity index (χ0n) is 14.2. The highest BCUT2D eigenvalue weighted by Crippen LogP contribution is 2.23. The van der Waals surface area contributed by atoms with Crippen molar-refractivity contribution in [1.29, 1.82) is 0 Å². The van der Waals surface area contributed by atoms with Crippen LogP contribution in [-0.2, 0) is 17.8 Å². The number of benzene rings is 1. The number of halogens is 1. The van der Waals surface area contributed by atoms with Gasteiger partial charge in [0.15, 0.2) is 11.7 Å². The van der Waals surface area contributed by atoms with Crippen molar-refractivity contribution in [2.75, 3.05) is 7.05 Å². The molecule has 1 aromatic carbocycles. The second-order valence-electron chi connectivity index (χ2n) is 5.90. The van der Waals surface area contributed by atoms with E-state index in [2.05, 4.69) is 18.0 Å². The minimum atomic E-state index is 0.0824. The molecular weight excluding hydrogens is 356 g/mol. The van der Waals surface area contributed by atoms with Crippen molar-refractivity contribution < 1.29 is 9.21 Å². The van der Waals surface area contributed by atoms with Gasteiger partial charge in [-0.3, -0.25) is 4.79 Å². The molecule has 0 saturated heterocycles. The van der Waals surface area contributed by atoms with Crippen molar-refractivity contribution >= 4 is 28.8 Å². The molecule has 0 aliphatic heterocycles. The van der Waals surface area contributed by atoms with Gasteiger partial charge in [-0.15, -0.1) is 11.3 Å². The predicted molar refractivity (Wildman–Crippen MR) is 101 cm³/mol. The van der Waals surface area contributed by atoms with Crippen LogP contribution < -0.4 is 0 Å². The summed E-state index contributed by atoms with van der Waals surface area (Å²) in [6, 6.07) is 9.46. The monoisotopic (exact) mass is 374 g/mol. The maximum absolute atomic E-state index is 12.3. The lowest BCUT2D eigenvalue weighted by Crippen LogP contribution is -2.26. The predicted octanol–water partition coefficient (Wildman–Crippen LogP) is 4.96. The summed E-state index contributed by atoms with van der Waals surface area (Å²) in [7, 11) is 1.83. The standard InChI is InChI=1S/C19H19ClN2O2S/c1-13-9-10-25-17(13)12-22(2)19(23)8-7-18-21-11-16(24-18)14-3-5-15(20)6-4-14/h3-6,9-11H,7-8,12H2,1-2H3. The van der Waals surface area contributed by atoms with Crippen LogP contribution >= 0.6 is 22.9 Å². The van der Waals surface area contributed by atoms with E-state index in [1.54, 1.807) is 22.4 Å². The molecule has 0 aliphatic rings. The van der Waals surface area contributed by atoms with Gasteiger partial charge in [0.25, 0.3) is 0 Å². The summed E-state index contributed by atoms with van der Waals surface area (Å²) in [4.78, 5) is 19.6. The van der Waals surface area contributed by atoms with Crippen LogP contribution in [0.5, 0.6) is 0 Å². The first-order chi connectivity index (χ1) is 12.0. The van der Waals surface area contributed by atoms with E-state index in [0.717, 1.165) is 5.56 Å². The molecule has 0 bridgehead atoms. The summed E-state index contributed by atoms with van der Waals surface area (Å²) in [5.41, 5.74) is 2.14. The van der Waals surface area contributed by atoms with E-state index in [0.29, 0.717) is 36.1 Å². The van der Waals surface area contributed by atoms with E-state index in [1.807, 2.05) is 36.7 Å². The van der Waals surface area contributed by atoms with E-state index in [1.165, 1.54) is 10.4 Å². The summed E-state index contributed by atoms with van der Waals surface area (Å²) in [5, 5.41) is 2.73. The smallest absolute Gasteiger partial charge is 0.223 e. The maximum atomic E-state index is 12.3. The van der Waals surface area contributed by atoms with Crippen LogP contribution in [0.15, 0.2) is 46.3 Å². The fraction of sp³-hybridized carbons (Fsp3) is 0.263. The first kappa shape index (κ1) is 17.7. The van der Waals surface area contributed by atoms with Crippen LogP contribution in [0.4, 0.5) is 0 Å². The van der Waals surface area contributed by atoms with E-state index in [4.69, 9.17) is 16.0 Å². The number of carbonyl (C=O) groups is 1. The molecule has 0 atom stereocenters. The van der Waals surface area contributed by atoms with Crippen molar-refractivity contribution in [3.05, 3.63) is 63.3 Å². The molecule has 0 fully saturated rings. The topological polar surface area (TPSA) is 46.3 Å². The molecule has 1 amide bonds. The van der Waals surface area contributed by atoms with Gasteiger partial charge in [0.2, 0.25) is 5.91 Å². The van der Waals surface area contributed by atoms with Crippen LogP contribution in [0.3, 0.4) is 0 Å². The maximum Gasteiger partial charge on any atom is 0.223 e. The van der Waals surface area contributed by atoms with Gasteiger partial charge in [0.05, 0.1) is 12.7 Å². The number of amides is 1. The first-order valence-electron chi connectivity index (χ1n) is 8.00. The van der Waals surface area contributed by atoms with Gasteiger partial charge in [0.1, 0.15) is 0 Å². The molecular formula is C19H19ClN2O2S. The van der Waals surface area contributed by atoms with Crippen LogP contribution in [0.2, 0.25) is 5.02 Å². The van der Waals surface area contributed by atoms with E-state index in [9.17, 15) is 4.79 Å². The molecule has 0 aliphatic carbocycles. The minimum absolute atomic E-state index is 0.0824. The Bertz CT molecular complexity index is 854. The zero-order valence-corrected chi connectivity index (χ0v) is 15.7. The average molecular weight is 375 g/mol. The number of oxazole rings is 1. The molecule has 0 saturated carbocycles. The highest BCUT2D eigenvalue weighted by atomic mass is 35.5. The largest absolute Gasteiger partial charge is 0.441 e. The minimum Gasteiger partial charge on any atom is -0.441 e. The molecule has 6 heteroatoms. The van der Waals surface area contributed by atoms with Gasteiger partial charge in [-0.25, -0.2) is 4.98 Å². The van der Waals surface area contributed by atoms with Gasteiger partial charge in [0, 0.05) is 35.4 Å². The van der Waals surface area contributed by atoms with Crippen molar-refractivity contribution in [3.8, 4) is 11.3 Å². The number of carbonyl (C=O) groups excluding carboxylic acids is 1. The number of nitrogens with zero attached hydrogens (tertiary/aromatic N) is 2. The third-order valence-corrected chi connectivity index (χ3v) is 5.27. The Morgan fingerprint density at radius 1 is 1.28 bits per heavy atom. The fourth-order valence-electron chi connectivity index (χ4n) is 2.45. The molecule has 4 nitrogen and oxygen atoms in total. The average Bonchev–Trinajstić information content (AvgIpc) is 3.23. The molecule has 2 heterocycles. The number of thiophene rings is 1. The summed E-state index contributed by atoms with van der Waals surface area (Å²) >= 11 is 7.57. The van der Waals surface area contributed by atoms with Gasteiger partial charge >= 0.3 is 0 Å². The van der Waals surface area contributed by atoms with Crippen LogP contribution in [0, 0.1) is 6.92 Å². The highest BCUT2D eigenvalue weighted by Gasteiger charge is 2.14. The Balaban J connectivity index is 1.55. The number of hydrogen-bond donors (Lipinski definition) is 0. The molecule has 25 heavy (non-hydrogen) atoms. The van der Waals surface area contributed by atoms with E-state index in [-0.39, 0.29) is 5.91 Å². The lowest BCUT2D eigenvalue weighted by atomic mass is 10.2. The van der Waals surface area contributed by atoms with Crippen molar-refractivity contribution in [2.24, 2.45) is 0 Å². The summed E-state index contributed by atoms with van der Waals surface area (Å²) in [5.74, 6) is 1.33. The molecule has 130 valence electrons. The van der Waals surface area contributed by atoms with Crippen LogP contribution in [-0.4, -0.2) is 22.8 Å². The fourth-order valence-corrected chi connectivity index (χ4v) is 3.53. The molecule has 0 radical (unpaired) electrons. The van der Waals surface area contributed by atoms with Gasteiger partial charge < -0.3 is 9.32 Å². The van der Waals surface area contributed by atoms with Crippen LogP contribution in [0.25, 0.3) is 11.3 Å². The molecule has 3 rings (SSSR count). The number of rotatable bonds is 6. The van der Waals surface area contributed by atoms with Crippen LogP contribution in [0.1, 0.15) is 22.8 Å². The van der Waals surface area contributed by atoms with Crippen molar-refractivity contribution in [2.45, 2.75) is 26.3 Å². The SMILES string of the molecule is Cc1ccsc1CN(C)C(=O)CCc1ncc(-c2ccc(Cl)cc2)o1. The second-order valence-corrected chi connectivity index (χ2v) is 7.34. The molecule has 0 unspecified atom stereocenters. The molecule has 3 aromatic rings. The number of aromatic nitrogens is 1. The molecule has 0 spiro atoms. The Morgan fingerprint density at radius 2 is 2.04 bits per heavy atom. The number of hydrogen-bond acceptors (Lipinski definition) is 4.